The van der Waals surface area contributed by atoms with Crippen LogP contribution in [0.25, 0.3) is 0 Å². The second kappa shape index (κ2) is 6.90. The minimum Gasteiger partial charge on any atom is -0.486 e. The molecule has 2 N–H and O–H groups in total. The minimum absolute atomic E-state index is 0.0748. The van der Waals surface area contributed by atoms with E-state index in [1.807, 2.05) is 35.2 Å². The fourth-order valence-corrected chi connectivity index (χ4v) is 3.85. The molecule has 2 heterocycles. The quantitative estimate of drug-likeness (QED) is 0.863. The molecule has 1 atom stereocenters. The van der Waals surface area contributed by atoms with Gasteiger partial charge in [-0.05, 0) is 43.0 Å². The predicted molar refractivity (Wildman–Crippen MR) is 105 cm³/mol. The van der Waals surface area contributed by atoms with E-state index in [2.05, 4.69) is 24.0 Å². The summed E-state index contributed by atoms with van der Waals surface area (Å²) in [5, 5.41) is 0. The fraction of sp³-hybridized carbons (Fsp3) is 0.381. The number of amides is 1. The van der Waals surface area contributed by atoms with E-state index in [0.29, 0.717) is 18.8 Å². The number of hydrogen-bond acceptors (Lipinski definition) is 4. The summed E-state index contributed by atoms with van der Waals surface area (Å²) in [4.78, 5) is 17.2. The molecule has 0 bridgehead atoms. The van der Waals surface area contributed by atoms with Crippen molar-refractivity contribution >= 4 is 23.0 Å². The van der Waals surface area contributed by atoms with Gasteiger partial charge in [0.05, 0.1) is 18.8 Å². The lowest BCUT2D eigenvalue weighted by atomic mass is 10.0. The van der Waals surface area contributed by atoms with E-state index in [4.69, 9.17) is 10.5 Å². The number of nitrogens with zero attached hydrogens (tertiary/aromatic N) is 2. The highest BCUT2D eigenvalue weighted by Gasteiger charge is 2.29. The normalized spacial score (nSPS) is 18.7. The molecule has 1 unspecified atom stereocenters. The molecule has 136 valence electrons. The predicted octanol–water partition coefficient (Wildman–Crippen LogP) is 3.23. The molecular formula is C21H25N3O2. The van der Waals surface area contributed by atoms with Crippen LogP contribution in [0.4, 0.5) is 17.1 Å². The molecule has 0 saturated heterocycles. The van der Waals surface area contributed by atoms with Gasteiger partial charge in [-0.15, -0.1) is 0 Å². The van der Waals surface area contributed by atoms with Crippen molar-refractivity contribution in [3.8, 4) is 5.75 Å². The number of carbonyl (C=O) groups excluding carboxylic acids is 1. The first-order valence-electron chi connectivity index (χ1n) is 9.35. The lowest BCUT2D eigenvalue weighted by molar-refractivity contribution is -0.117. The lowest BCUT2D eigenvalue weighted by Gasteiger charge is -2.37. The van der Waals surface area contributed by atoms with Crippen LogP contribution in [-0.2, 0) is 11.2 Å². The molecule has 2 aromatic carbocycles. The molecular weight excluding hydrogens is 326 g/mol. The summed E-state index contributed by atoms with van der Waals surface area (Å²) in [6, 6.07) is 13.9. The summed E-state index contributed by atoms with van der Waals surface area (Å²) in [6.07, 6.45) is 3.02. The van der Waals surface area contributed by atoms with E-state index >= 15 is 0 Å². The molecule has 5 nitrogen and oxygen atoms in total. The van der Waals surface area contributed by atoms with Crippen molar-refractivity contribution in [2.45, 2.75) is 32.3 Å². The Morgan fingerprint density at radius 2 is 2.08 bits per heavy atom. The first-order valence-corrected chi connectivity index (χ1v) is 9.35. The average Bonchev–Trinajstić information content (AvgIpc) is 2.66. The first-order chi connectivity index (χ1) is 12.7. The zero-order chi connectivity index (χ0) is 18.1. The van der Waals surface area contributed by atoms with Gasteiger partial charge in [0.15, 0.2) is 0 Å². The number of nitrogens with two attached hydrogens (primary N) is 1. The van der Waals surface area contributed by atoms with Crippen molar-refractivity contribution in [2.75, 3.05) is 35.2 Å². The van der Waals surface area contributed by atoms with E-state index in [-0.39, 0.29) is 12.0 Å². The van der Waals surface area contributed by atoms with Crippen LogP contribution in [0.5, 0.6) is 5.75 Å². The molecule has 5 heteroatoms. The Kier molecular flexibility index (Phi) is 4.45. The molecule has 1 amide bonds. The van der Waals surface area contributed by atoms with Gasteiger partial charge in [-0.1, -0.05) is 25.1 Å². The maximum Gasteiger partial charge on any atom is 0.246 e. The summed E-state index contributed by atoms with van der Waals surface area (Å²) >= 11 is 0. The third-order valence-corrected chi connectivity index (χ3v) is 5.23. The SMILES string of the molecule is CCC1CN(CC(=O)N2CCCc3ccccc32)c2ccc(N)cc2O1. The summed E-state index contributed by atoms with van der Waals surface area (Å²) < 4.78 is 6.03. The van der Waals surface area contributed by atoms with Crippen molar-refractivity contribution in [1.29, 1.82) is 0 Å². The number of benzene rings is 2. The Morgan fingerprint density at radius 1 is 1.23 bits per heavy atom. The first kappa shape index (κ1) is 16.8. The van der Waals surface area contributed by atoms with E-state index < -0.39 is 0 Å². The van der Waals surface area contributed by atoms with Gasteiger partial charge in [0.1, 0.15) is 11.9 Å². The maximum atomic E-state index is 13.1. The number of nitrogen functional groups attached to an aromatic ring is 1. The monoisotopic (exact) mass is 351 g/mol. The smallest absolute Gasteiger partial charge is 0.246 e. The number of carbonyl (C=O) groups is 1. The average molecular weight is 351 g/mol. The van der Waals surface area contributed by atoms with Crippen LogP contribution in [0.15, 0.2) is 42.5 Å². The molecule has 2 aliphatic rings. The Bertz CT molecular complexity index is 821. The number of hydrogen-bond donors (Lipinski definition) is 1. The number of ether oxygens (including phenoxy) is 1. The zero-order valence-electron chi connectivity index (χ0n) is 15.1. The number of aryl methyl sites for hydroxylation is 1. The Labute approximate surface area is 154 Å². The van der Waals surface area contributed by atoms with E-state index in [0.717, 1.165) is 42.9 Å². The molecule has 0 saturated carbocycles. The molecule has 0 spiro atoms. The van der Waals surface area contributed by atoms with Crippen molar-refractivity contribution < 1.29 is 9.53 Å². The molecule has 0 radical (unpaired) electrons. The van der Waals surface area contributed by atoms with Gasteiger partial charge < -0.3 is 20.3 Å². The third-order valence-electron chi connectivity index (χ3n) is 5.23. The van der Waals surface area contributed by atoms with Crippen LogP contribution in [-0.4, -0.2) is 31.6 Å². The van der Waals surface area contributed by atoms with Gasteiger partial charge in [0.2, 0.25) is 5.91 Å². The largest absolute Gasteiger partial charge is 0.486 e. The highest BCUT2D eigenvalue weighted by molar-refractivity contribution is 5.97. The van der Waals surface area contributed by atoms with Gasteiger partial charge in [0.25, 0.3) is 0 Å². The maximum absolute atomic E-state index is 13.1. The van der Waals surface area contributed by atoms with Crippen molar-refractivity contribution in [3.05, 3.63) is 48.0 Å². The van der Waals surface area contributed by atoms with E-state index in [1.165, 1.54) is 5.56 Å². The summed E-state index contributed by atoms with van der Waals surface area (Å²) in [6.45, 7) is 3.95. The second-order valence-electron chi connectivity index (χ2n) is 7.03. The third kappa shape index (κ3) is 3.09. The number of fused-ring (bicyclic) bond motifs is 2. The lowest BCUT2D eigenvalue weighted by Crippen LogP contribution is -2.47. The highest BCUT2D eigenvalue weighted by atomic mass is 16.5. The van der Waals surface area contributed by atoms with Crippen LogP contribution < -0.4 is 20.3 Å². The Balaban J connectivity index is 1.58. The molecule has 0 aromatic heterocycles. The summed E-state index contributed by atoms with van der Waals surface area (Å²) in [5.41, 5.74) is 9.85. The van der Waals surface area contributed by atoms with Gasteiger partial charge in [0, 0.05) is 24.0 Å². The van der Waals surface area contributed by atoms with Crippen LogP contribution in [0.1, 0.15) is 25.3 Å². The molecule has 0 aliphatic carbocycles. The molecule has 2 aromatic rings. The van der Waals surface area contributed by atoms with Crippen LogP contribution >= 0.6 is 0 Å². The van der Waals surface area contributed by atoms with Gasteiger partial charge in [-0.3, -0.25) is 4.79 Å². The fourth-order valence-electron chi connectivity index (χ4n) is 3.85. The molecule has 2 aliphatic heterocycles. The Morgan fingerprint density at radius 3 is 2.92 bits per heavy atom. The van der Waals surface area contributed by atoms with Gasteiger partial charge >= 0.3 is 0 Å². The van der Waals surface area contributed by atoms with Crippen molar-refractivity contribution in [2.24, 2.45) is 0 Å². The highest BCUT2D eigenvalue weighted by Crippen LogP contribution is 2.36. The standard InChI is InChI=1S/C21H25N3O2/c1-2-17-13-23(19-10-9-16(22)12-20(19)26-17)14-21(25)24-11-5-7-15-6-3-4-8-18(15)24/h3-4,6,8-10,12,17H,2,5,7,11,13-14,22H2,1H3. The number of anilines is 3. The van der Waals surface area contributed by atoms with Gasteiger partial charge in [-0.2, -0.15) is 0 Å². The van der Waals surface area contributed by atoms with Gasteiger partial charge in [-0.25, -0.2) is 0 Å². The van der Waals surface area contributed by atoms with E-state index in [9.17, 15) is 4.79 Å². The van der Waals surface area contributed by atoms with Crippen LogP contribution in [0.2, 0.25) is 0 Å². The minimum atomic E-state index is 0.0748. The zero-order valence-corrected chi connectivity index (χ0v) is 15.1. The summed E-state index contributed by atoms with van der Waals surface area (Å²) in [5.74, 6) is 0.909. The molecule has 4 rings (SSSR count). The van der Waals surface area contributed by atoms with Crippen molar-refractivity contribution in [1.82, 2.24) is 0 Å². The Hall–Kier alpha value is -2.69. The second-order valence-corrected chi connectivity index (χ2v) is 7.03. The van der Waals surface area contributed by atoms with E-state index in [1.54, 1.807) is 0 Å². The van der Waals surface area contributed by atoms with Crippen LogP contribution in [0, 0.1) is 0 Å². The summed E-state index contributed by atoms with van der Waals surface area (Å²) in [7, 11) is 0. The number of para-hydroxylation sites is 1. The topological polar surface area (TPSA) is 58.8 Å². The van der Waals surface area contributed by atoms with Crippen LogP contribution in [0.3, 0.4) is 0 Å². The number of rotatable bonds is 3. The molecule has 0 fully saturated rings. The van der Waals surface area contributed by atoms with Crippen molar-refractivity contribution in [3.63, 3.8) is 0 Å². The molecule has 26 heavy (non-hydrogen) atoms.